The van der Waals surface area contributed by atoms with Crippen LogP contribution in [0.5, 0.6) is 23.0 Å². The highest BCUT2D eigenvalue weighted by molar-refractivity contribution is 5.93. The topological polar surface area (TPSA) is 78.1 Å². The van der Waals surface area contributed by atoms with Gasteiger partial charge in [0.2, 0.25) is 11.2 Å². The number of phenols is 1. The molecule has 144 valence electrons. The summed E-state index contributed by atoms with van der Waals surface area (Å²) in [7, 11) is 2.95. The number of methoxy groups -OCH3 is 2. The first-order valence-electron chi connectivity index (χ1n) is 8.78. The van der Waals surface area contributed by atoms with Crippen LogP contribution in [0, 0.1) is 0 Å². The molecule has 1 N–H and O–H groups in total. The highest BCUT2D eigenvalue weighted by atomic mass is 16.5. The summed E-state index contributed by atoms with van der Waals surface area (Å²) in [5, 5.41) is 9.89. The van der Waals surface area contributed by atoms with E-state index in [0.717, 1.165) is 0 Å². The molecule has 28 heavy (non-hydrogen) atoms. The van der Waals surface area contributed by atoms with Gasteiger partial charge < -0.3 is 23.7 Å². The number of hydrogen-bond acceptors (Lipinski definition) is 6. The molecular weight excluding hydrogens is 360 g/mol. The lowest BCUT2D eigenvalue weighted by Crippen LogP contribution is -2.28. The van der Waals surface area contributed by atoms with Gasteiger partial charge in [-0.25, -0.2) is 0 Å². The molecule has 3 aromatic rings. The maximum absolute atomic E-state index is 13.1. The highest BCUT2D eigenvalue weighted by Crippen LogP contribution is 2.44. The Labute approximate surface area is 161 Å². The largest absolute Gasteiger partial charge is 0.508 e. The lowest BCUT2D eigenvalue weighted by Gasteiger charge is -2.29. The van der Waals surface area contributed by atoms with Crippen LogP contribution in [0.2, 0.25) is 0 Å². The zero-order valence-electron chi connectivity index (χ0n) is 16.0. The predicted octanol–water partition coefficient (Wildman–Crippen LogP) is 4.37. The Bertz CT molecular complexity index is 1150. The maximum atomic E-state index is 13.1. The van der Waals surface area contributed by atoms with Crippen molar-refractivity contribution in [3.8, 4) is 34.3 Å². The molecule has 1 aromatic heterocycles. The molecule has 0 radical (unpaired) electrons. The third kappa shape index (κ3) is 2.78. The Morgan fingerprint density at radius 2 is 1.79 bits per heavy atom. The fraction of sp³-hybridized carbons (Fsp3) is 0.227. The Kier molecular flexibility index (Phi) is 4.07. The van der Waals surface area contributed by atoms with E-state index in [1.807, 2.05) is 26.0 Å². The lowest BCUT2D eigenvalue weighted by atomic mass is 9.99. The molecule has 0 atom stereocenters. The van der Waals surface area contributed by atoms with Crippen molar-refractivity contribution in [2.24, 2.45) is 0 Å². The fourth-order valence-corrected chi connectivity index (χ4v) is 3.27. The summed E-state index contributed by atoms with van der Waals surface area (Å²) in [6.45, 7) is 3.87. The Morgan fingerprint density at radius 1 is 1.07 bits per heavy atom. The number of ether oxygens (including phenoxy) is 3. The molecule has 1 aliphatic heterocycles. The van der Waals surface area contributed by atoms with E-state index in [1.165, 1.54) is 26.4 Å². The van der Waals surface area contributed by atoms with Crippen molar-refractivity contribution in [2.45, 2.75) is 19.4 Å². The molecule has 0 amide bonds. The third-order valence-electron chi connectivity index (χ3n) is 4.66. The SMILES string of the molecule is COc1cc2c(=O)c(OC)c(-c3ccc(O)cc3)oc2c2c1OC(C)(C)C=C2. The van der Waals surface area contributed by atoms with E-state index in [9.17, 15) is 9.90 Å². The fourth-order valence-electron chi connectivity index (χ4n) is 3.27. The van der Waals surface area contributed by atoms with Gasteiger partial charge in [0.25, 0.3) is 0 Å². The van der Waals surface area contributed by atoms with E-state index in [1.54, 1.807) is 18.2 Å². The van der Waals surface area contributed by atoms with Gasteiger partial charge in [-0.15, -0.1) is 0 Å². The zero-order chi connectivity index (χ0) is 20.1. The molecule has 6 nitrogen and oxygen atoms in total. The Morgan fingerprint density at radius 3 is 2.43 bits per heavy atom. The normalized spacial score (nSPS) is 14.4. The number of aromatic hydroxyl groups is 1. The van der Waals surface area contributed by atoms with Gasteiger partial charge in [0.15, 0.2) is 17.3 Å². The summed E-state index contributed by atoms with van der Waals surface area (Å²) in [4.78, 5) is 13.1. The Balaban J connectivity index is 2.09. The number of rotatable bonds is 3. The number of benzene rings is 2. The minimum Gasteiger partial charge on any atom is -0.508 e. The van der Waals surface area contributed by atoms with Gasteiger partial charge in [0.1, 0.15) is 16.9 Å². The molecule has 6 heteroatoms. The van der Waals surface area contributed by atoms with Crippen LogP contribution in [0.25, 0.3) is 28.4 Å². The molecule has 1 aliphatic rings. The molecule has 0 unspecified atom stereocenters. The van der Waals surface area contributed by atoms with E-state index in [-0.39, 0.29) is 22.7 Å². The van der Waals surface area contributed by atoms with E-state index in [4.69, 9.17) is 18.6 Å². The van der Waals surface area contributed by atoms with Gasteiger partial charge in [0, 0.05) is 5.56 Å². The minimum atomic E-state index is -0.513. The van der Waals surface area contributed by atoms with Gasteiger partial charge in [-0.1, -0.05) is 0 Å². The zero-order valence-corrected chi connectivity index (χ0v) is 16.0. The van der Waals surface area contributed by atoms with Crippen molar-refractivity contribution in [3.63, 3.8) is 0 Å². The maximum Gasteiger partial charge on any atom is 0.235 e. The number of hydrogen-bond donors (Lipinski definition) is 1. The first-order valence-corrected chi connectivity index (χ1v) is 8.78. The number of fused-ring (bicyclic) bond motifs is 3. The van der Waals surface area contributed by atoms with E-state index < -0.39 is 5.60 Å². The first-order chi connectivity index (χ1) is 13.3. The summed E-state index contributed by atoms with van der Waals surface area (Å²) in [5.74, 6) is 1.46. The van der Waals surface area contributed by atoms with Crippen LogP contribution in [-0.2, 0) is 0 Å². The smallest absolute Gasteiger partial charge is 0.235 e. The molecule has 0 aliphatic carbocycles. The van der Waals surface area contributed by atoms with E-state index in [2.05, 4.69) is 0 Å². The average molecular weight is 380 g/mol. The van der Waals surface area contributed by atoms with Crippen molar-refractivity contribution in [1.29, 1.82) is 0 Å². The first kappa shape index (κ1) is 18.0. The van der Waals surface area contributed by atoms with E-state index in [0.29, 0.717) is 33.6 Å². The molecule has 4 rings (SSSR count). The monoisotopic (exact) mass is 380 g/mol. The van der Waals surface area contributed by atoms with Crippen molar-refractivity contribution in [3.05, 3.63) is 52.2 Å². The second kappa shape index (κ2) is 6.34. The molecule has 0 bridgehead atoms. The molecule has 0 spiro atoms. The van der Waals surface area contributed by atoms with Gasteiger partial charge in [-0.2, -0.15) is 0 Å². The summed E-state index contributed by atoms with van der Waals surface area (Å²) in [6, 6.07) is 7.97. The summed E-state index contributed by atoms with van der Waals surface area (Å²) in [5.41, 5.74) is 0.802. The second-order valence-electron chi connectivity index (χ2n) is 7.08. The molecule has 0 saturated carbocycles. The van der Waals surface area contributed by atoms with Gasteiger partial charge >= 0.3 is 0 Å². The summed E-state index contributed by atoms with van der Waals surface area (Å²) in [6.07, 6.45) is 3.78. The van der Waals surface area contributed by atoms with Crippen LogP contribution in [0.15, 0.2) is 45.6 Å². The molecule has 0 fully saturated rings. The second-order valence-corrected chi connectivity index (χ2v) is 7.08. The molecule has 2 heterocycles. The van der Waals surface area contributed by atoms with Crippen molar-refractivity contribution >= 4 is 17.0 Å². The van der Waals surface area contributed by atoms with Crippen molar-refractivity contribution < 1.29 is 23.7 Å². The van der Waals surface area contributed by atoms with Crippen LogP contribution in [0.3, 0.4) is 0 Å². The Hall–Kier alpha value is -3.41. The molecule has 0 saturated heterocycles. The van der Waals surface area contributed by atoms with Crippen LogP contribution in [0.4, 0.5) is 0 Å². The summed E-state index contributed by atoms with van der Waals surface area (Å²) < 4.78 is 23.1. The molecule has 2 aromatic carbocycles. The summed E-state index contributed by atoms with van der Waals surface area (Å²) >= 11 is 0. The van der Waals surface area contributed by atoms with Gasteiger partial charge in [-0.05, 0) is 56.3 Å². The predicted molar refractivity (Wildman–Crippen MR) is 106 cm³/mol. The van der Waals surface area contributed by atoms with Crippen LogP contribution in [0.1, 0.15) is 19.4 Å². The highest BCUT2D eigenvalue weighted by Gasteiger charge is 2.29. The van der Waals surface area contributed by atoms with Crippen LogP contribution in [-0.4, -0.2) is 24.9 Å². The van der Waals surface area contributed by atoms with Crippen LogP contribution < -0.4 is 19.6 Å². The van der Waals surface area contributed by atoms with E-state index >= 15 is 0 Å². The van der Waals surface area contributed by atoms with Crippen molar-refractivity contribution in [1.82, 2.24) is 0 Å². The molecular formula is C22H20O6. The quantitative estimate of drug-likeness (QED) is 0.727. The minimum absolute atomic E-state index is 0.0845. The lowest BCUT2D eigenvalue weighted by molar-refractivity contribution is 0.152. The standard InChI is InChI=1S/C22H20O6/c1-22(2)10-9-14-19-15(11-16(25-3)20(14)28-22)17(24)21(26-4)18(27-19)12-5-7-13(23)8-6-12/h5-11,23H,1-4H3. The third-order valence-corrected chi connectivity index (χ3v) is 4.66. The average Bonchev–Trinajstić information content (AvgIpc) is 2.67. The number of phenolic OH excluding ortho intramolecular Hbond substituents is 1. The van der Waals surface area contributed by atoms with Crippen LogP contribution >= 0.6 is 0 Å². The van der Waals surface area contributed by atoms with Gasteiger partial charge in [-0.3, -0.25) is 4.79 Å². The van der Waals surface area contributed by atoms with Gasteiger partial charge in [0.05, 0.1) is 25.2 Å². The van der Waals surface area contributed by atoms with Crippen molar-refractivity contribution in [2.75, 3.05) is 14.2 Å².